The molecule has 4 N–H and O–H groups in total. The van der Waals surface area contributed by atoms with E-state index in [1.807, 2.05) is 24.3 Å². The molecule has 0 aliphatic carbocycles. The smallest absolute Gasteiger partial charge is 0.243 e. The zero-order valence-electron chi connectivity index (χ0n) is 10.5. The molecule has 0 saturated heterocycles. The lowest BCUT2D eigenvalue weighted by atomic mass is 10.0. The van der Waals surface area contributed by atoms with Gasteiger partial charge in [0.25, 0.3) is 0 Å². The standard InChI is InChI=1S/C13H17N3O2/c1-13(2,12(14)18)16-11(17)10-7-8-5-3-4-6-9(8)15-10/h3-6,10,15H,7H2,1-2H3,(H2,14,18)(H,16,17). The molecule has 1 aliphatic rings. The molecule has 1 aliphatic heterocycles. The number of nitrogens with two attached hydrogens (primary N) is 1. The van der Waals surface area contributed by atoms with E-state index in [1.165, 1.54) is 0 Å². The first kappa shape index (κ1) is 12.4. The van der Waals surface area contributed by atoms with E-state index in [-0.39, 0.29) is 11.9 Å². The average molecular weight is 247 g/mol. The van der Waals surface area contributed by atoms with Gasteiger partial charge in [0.1, 0.15) is 11.6 Å². The first-order valence-corrected chi connectivity index (χ1v) is 5.86. The van der Waals surface area contributed by atoms with Gasteiger partial charge in [-0.2, -0.15) is 0 Å². The van der Waals surface area contributed by atoms with Crippen molar-refractivity contribution in [3.05, 3.63) is 29.8 Å². The van der Waals surface area contributed by atoms with E-state index in [0.29, 0.717) is 6.42 Å². The minimum absolute atomic E-state index is 0.213. The first-order valence-electron chi connectivity index (χ1n) is 5.86. The second-order valence-electron chi connectivity index (χ2n) is 5.04. The van der Waals surface area contributed by atoms with Crippen molar-refractivity contribution in [1.82, 2.24) is 5.32 Å². The third-order valence-electron chi connectivity index (χ3n) is 3.14. The summed E-state index contributed by atoms with van der Waals surface area (Å²) in [5, 5.41) is 5.79. The minimum Gasteiger partial charge on any atom is -0.373 e. The third kappa shape index (κ3) is 2.30. The van der Waals surface area contributed by atoms with Crippen LogP contribution in [0.5, 0.6) is 0 Å². The predicted octanol–water partition coefficient (Wildman–Crippen LogP) is 0.403. The molecule has 1 atom stereocenters. The molecule has 0 saturated carbocycles. The normalized spacial score (nSPS) is 17.8. The Balaban J connectivity index is 2.04. The van der Waals surface area contributed by atoms with Gasteiger partial charge in [-0.25, -0.2) is 0 Å². The van der Waals surface area contributed by atoms with Gasteiger partial charge in [-0.05, 0) is 25.5 Å². The highest BCUT2D eigenvalue weighted by molar-refractivity contribution is 5.93. The third-order valence-corrected chi connectivity index (χ3v) is 3.14. The van der Waals surface area contributed by atoms with Gasteiger partial charge in [-0.3, -0.25) is 9.59 Å². The highest BCUT2D eigenvalue weighted by Crippen LogP contribution is 2.25. The highest BCUT2D eigenvalue weighted by Gasteiger charge is 2.32. The Labute approximate surface area is 106 Å². The Morgan fingerprint density at radius 2 is 2.06 bits per heavy atom. The number of fused-ring (bicyclic) bond motifs is 1. The van der Waals surface area contributed by atoms with Crippen LogP contribution in [0.3, 0.4) is 0 Å². The summed E-state index contributed by atoms with van der Waals surface area (Å²) in [7, 11) is 0. The SMILES string of the molecule is CC(C)(NC(=O)C1Cc2ccccc2N1)C(N)=O. The van der Waals surface area contributed by atoms with Crippen molar-refractivity contribution in [2.24, 2.45) is 5.73 Å². The van der Waals surface area contributed by atoms with E-state index in [1.54, 1.807) is 13.8 Å². The summed E-state index contributed by atoms with van der Waals surface area (Å²) in [5.74, 6) is -0.763. The number of benzene rings is 1. The van der Waals surface area contributed by atoms with Gasteiger partial charge in [0.2, 0.25) is 11.8 Å². The number of hydrogen-bond acceptors (Lipinski definition) is 3. The second-order valence-corrected chi connectivity index (χ2v) is 5.04. The molecule has 1 unspecified atom stereocenters. The van der Waals surface area contributed by atoms with Crippen molar-refractivity contribution >= 4 is 17.5 Å². The molecular formula is C13H17N3O2. The molecule has 0 fully saturated rings. The topological polar surface area (TPSA) is 84.2 Å². The second kappa shape index (κ2) is 4.33. The molecule has 96 valence electrons. The zero-order valence-corrected chi connectivity index (χ0v) is 10.5. The van der Waals surface area contributed by atoms with Crippen LogP contribution in [-0.2, 0) is 16.0 Å². The number of carbonyl (C=O) groups is 2. The van der Waals surface area contributed by atoms with Crippen LogP contribution in [0, 0.1) is 0 Å². The predicted molar refractivity (Wildman–Crippen MR) is 69.0 cm³/mol. The Kier molecular flexibility index (Phi) is 2.98. The van der Waals surface area contributed by atoms with Crippen LogP contribution in [0.25, 0.3) is 0 Å². The van der Waals surface area contributed by atoms with Gasteiger partial charge in [0.15, 0.2) is 0 Å². The first-order chi connectivity index (χ1) is 8.40. The number of anilines is 1. The van der Waals surface area contributed by atoms with Gasteiger partial charge in [-0.15, -0.1) is 0 Å². The van der Waals surface area contributed by atoms with Crippen LogP contribution in [0.4, 0.5) is 5.69 Å². The van der Waals surface area contributed by atoms with Crippen LogP contribution in [-0.4, -0.2) is 23.4 Å². The lowest BCUT2D eigenvalue weighted by molar-refractivity contribution is -0.130. The molecule has 1 heterocycles. The van der Waals surface area contributed by atoms with Crippen molar-refractivity contribution in [2.75, 3.05) is 5.32 Å². The van der Waals surface area contributed by atoms with Crippen molar-refractivity contribution in [1.29, 1.82) is 0 Å². The van der Waals surface area contributed by atoms with Crippen molar-refractivity contribution in [3.8, 4) is 0 Å². The van der Waals surface area contributed by atoms with E-state index in [0.717, 1.165) is 11.3 Å². The maximum Gasteiger partial charge on any atom is 0.243 e. The molecule has 1 aromatic rings. The maximum atomic E-state index is 12.1. The number of amides is 2. The van der Waals surface area contributed by atoms with E-state index < -0.39 is 11.4 Å². The number of nitrogens with one attached hydrogen (secondary N) is 2. The molecule has 0 radical (unpaired) electrons. The summed E-state index contributed by atoms with van der Waals surface area (Å²) >= 11 is 0. The van der Waals surface area contributed by atoms with Gasteiger partial charge >= 0.3 is 0 Å². The molecular weight excluding hydrogens is 230 g/mol. The van der Waals surface area contributed by atoms with Crippen LogP contribution in [0.15, 0.2) is 24.3 Å². The summed E-state index contributed by atoms with van der Waals surface area (Å²) in [5.41, 5.74) is 6.27. The number of primary amides is 1. The maximum absolute atomic E-state index is 12.1. The number of rotatable bonds is 3. The Morgan fingerprint density at radius 1 is 1.39 bits per heavy atom. The highest BCUT2D eigenvalue weighted by atomic mass is 16.2. The van der Waals surface area contributed by atoms with Crippen molar-refractivity contribution < 1.29 is 9.59 Å². The molecule has 1 aromatic carbocycles. The lowest BCUT2D eigenvalue weighted by Gasteiger charge is -2.24. The zero-order chi connectivity index (χ0) is 13.3. The number of para-hydroxylation sites is 1. The summed E-state index contributed by atoms with van der Waals surface area (Å²) in [6.07, 6.45) is 0.622. The molecule has 18 heavy (non-hydrogen) atoms. The molecule has 5 heteroatoms. The van der Waals surface area contributed by atoms with Crippen LogP contribution in [0.1, 0.15) is 19.4 Å². The fraction of sp³-hybridized carbons (Fsp3) is 0.385. The fourth-order valence-corrected chi connectivity index (χ4v) is 1.91. The number of carbonyl (C=O) groups excluding carboxylic acids is 2. The fourth-order valence-electron chi connectivity index (χ4n) is 1.91. The lowest BCUT2D eigenvalue weighted by Crippen LogP contribution is -2.56. The average Bonchev–Trinajstić information content (AvgIpc) is 2.71. The molecule has 2 rings (SSSR count). The van der Waals surface area contributed by atoms with Gasteiger partial charge < -0.3 is 16.4 Å². The summed E-state index contributed by atoms with van der Waals surface area (Å²) < 4.78 is 0. The van der Waals surface area contributed by atoms with Crippen LogP contribution < -0.4 is 16.4 Å². The van der Waals surface area contributed by atoms with Gasteiger partial charge in [0, 0.05) is 12.1 Å². The van der Waals surface area contributed by atoms with Gasteiger partial charge in [-0.1, -0.05) is 18.2 Å². The molecule has 5 nitrogen and oxygen atoms in total. The van der Waals surface area contributed by atoms with E-state index in [9.17, 15) is 9.59 Å². The molecule has 0 aromatic heterocycles. The Morgan fingerprint density at radius 3 is 2.67 bits per heavy atom. The van der Waals surface area contributed by atoms with Gasteiger partial charge in [0.05, 0.1) is 0 Å². The molecule has 2 amide bonds. The Hall–Kier alpha value is -2.04. The largest absolute Gasteiger partial charge is 0.373 e. The summed E-state index contributed by atoms with van der Waals surface area (Å²) in [6, 6.07) is 7.42. The monoisotopic (exact) mass is 247 g/mol. The molecule has 0 spiro atoms. The summed E-state index contributed by atoms with van der Waals surface area (Å²) in [4.78, 5) is 23.2. The van der Waals surface area contributed by atoms with Crippen molar-refractivity contribution in [2.45, 2.75) is 31.8 Å². The number of hydrogen-bond donors (Lipinski definition) is 3. The van der Waals surface area contributed by atoms with E-state index >= 15 is 0 Å². The molecule has 0 bridgehead atoms. The van der Waals surface area contributed by atoms with Crippen LogP contribution >= 0.6 is 0 Å². The van der Waals surface area contributed by atoms with Crippen LogP contribution in [0.2, 0.25) is 0 Å². The minimum atomic E-state index is -1.03. The van der Waals surface area contributed by atoms with E-state index in [4.69, 9.17) is 5.73 Å². The summed E-state index contributed by atoms with van der Waals surface area (Å²) in [6.45, 7) is 3.19. The van der Waals surface area contributed by atoms with Crippen molar-refractivity contribution in [3.63, 3.8) is 0 Å². The Bertz CT molecular complexity index is 472. The van der Waals surface area contributed by atoms with E-state index in [2.05, 4.69) is 10.6 Å². The quantitative estimate of drug-likeness (QED) is 0.723.